The number of aromatic nitrogens is 1. The number of pyridine rings is 1. The molecule has 0 aliphatic carbocycles. The van der Waals surface area contributed by atoms with Crippen molar-refractivity contribution in [2.45, 2.75) is 32.7 Å². The van der Waals surface area contributed by atoms with Gasteiger partial charge >= 0.3 is 0 Å². The first-order valence-corrected chi connectivity index (χ1v) is 6.20. The smallest absolute Gasteiger partial charge is 0.0399 e. The van der Waals surface area contributed by atoms with Crippen LogP contribution in [0, 0.1) is 6.92 Å². The summed E-state index contributed by atoms with van der Waals surface area (Å²) in [6.45, 7) is 7.62. The lowest BCUT2D eigenvalue weighted by Crippen LogP contribution is -2.42. The summed E-state index contributed by atoms with van der Waals surface area (Å²) < 4.78 is 0. The lowest BCUT2D eigenvalue weighted by atomic mass is 10.0. The van der Waals surface area contributed by atoms with E-state index < -0.39 is 0 Å². The predicted molar refractivity (Wildman–Crippen MR) is 67.9 cm³/mol. The van der Waals surface area contributed by atoms with Gasteiger partial charge in [-0.1, -0.05) is 6.92 Å². The first-order chi connectivity index (χ1) is 7.79. The molecule has 1 aromatic heterocycles. The van der Waals surface area contributed by atoms with Crippen LogP contribution in [0.2, 0.25) is 0 Å². The van der Waals surface area contributed by atoms with Crippen LogP contribution in [0.5, 0.6) is 0 Å². The summed E-state index contributed by atoms with van der Waals surface area (Å²) in [7, 11) is 0. The largest absolute Gasteiger partial charge is 0.371 e. The Hall–Kier alpha value is -1.09. The van der Waals surface area contributed by atoms with E-state index in [1.54, 1.807) is 0 Å². The summed E-state index contributed by atoms with van der Waals surface area (Å²) in [6, 6.07) is 5.00. The Morgan fingerprint density at radius 2 is 2.19 bits per heavy atom. The molecule has 2 rings (SSSR count). The molecule has 0 atom stereocenters. The quantitative estimate of drug-likeness (QED) is 0.842. The lowest BCUT2D eigenvalue weighted by molar-refractivity contribution is 0.424. The first-order valence-electron chi connectivity index (χ1n) is 6.20. The Kier molecular flexibility index (Phi) is 3.78. The number of hydrogen-bond acceptors (Lipinski definition) is 3. The second-order valence-corrected chi connectivity index (χ2v) is 4.47. The van der Waals surface area contributed by atoms with Crippen LogP contribution in [0.1, 0.15) is 25.5 Å². The molecule has 0 spiro atoms. The van der Waals surface area contributed by atoms with Gasteiger partial charge in [0.1, 0.15) is 0 Å². The molecule has 0 aromatic carbocycles. The van der Waals surface area contributed by atoms with Crippen molar-refractivity contribution < 1.29 is 0 Å². The van der Waals surface area contributed by atoms with E-state index in [2.05, 4.69) is 41.2 Å². The van der Waals surface area contributed by atoms with Gasteiger partial charge in [0.15, 0.2) is 0 Å². The molecular weight excluding hydrogens is 198 g/mol. The molecule has 0 bridgehead atoms. The monoisotopic (exact) mass is 219 g/mol. The fourth-order valence-electron chi connectivity index (χ4n) is 2.36. The highest BCUT2D eigenvalue weighted by molar-refractivity contribution is 5.46. The van der Waals surface area contributed by atoms with E-state index in [4.69, 9.17) is 0 Å². The Labute approximate surface area is 97.9 Å². The fraction of sp³-hybridized carbons (Fsp3) is 0.615. The maximum absolute atomic E-state index is 4.24. The lowest BCUT2D eigenvalue weighted by Gasteiger charge is -2.34. The van der Waals surface area contributed by atoms with Gasteiger partial charge in [0.25, 0.3) is 0 Å². The minimum absolute atomic E-state index is 0.712. The number of hydrogen-bond donors (Lipinski definition) is 1. The average molecular weight is 219 g/mol. The molecule has 0 amide bonds. The third kappa shape index (κ3) is 2.73. The van der Waals surface area contributed by atoms with E-state index >= 15 is 0 Å². The van der Waals surface area contributed by atoms with E-state index in [0.717, 1.165) is 25.3 Å². The minimum Gasteiger partial charge on any atom is -0.371 e. The second kappa shape index (κ2) is 5.30. The van der Waals surface area contributed by atoms with Crippen LogP contribution in [-0.2, 0) is 0 Å². The molecular formula is C13H21N3. The molecule has 0 radical (unpaired) electrons. The Bertz CT molecular complexity index is 330. The Morgan fingerprint density at radius 3 is 2.81 bits per heavy atom. The van der Waals surface area contributed by atoms with Gasteiger partial charge in [0.2, 0.25) is 0 Å². The van der Waals surface area contributed by atoms with Gasteiger partial charge in [-0.2, -0.15) is 0 Å². The van der Waals surface area contributed by atoms with Gasteiger partial charge in [-0.3, -0.25) is 4.98 Å². The molecule has 1 N–H and O–H groups in total. The predicted octanol–water partition coefficient (Wildman–Crippen LogP) is 1.97. The van der Waals surface area contributed by atoms with Crippen molar-refractivity contribution in [2.75, 3.05) is 24.5 Å². The second-order valence-electron chi connectivity index (χ2n) is 4.47. The molecule has 0 saturated carbocycles. The highest BCUT2D eigenvalue weighted by Crippen LogP contribution is 2.19. The summed E-state index contributed by atoms with van der Waals surface area (Å²) in [5.41, 5.74) is 2.42. The van der Waals surface area contributed by atoms with Crippen LogP contribution in [0.25, 0.3) is 0 Å². The molecule has 1 saturated heterocycles. The van der Waals surface area contributed by atoms with Crippen molar-refractivity contribution in [3.05, 3.63) is 24.0 Å². The number of piperidine rings is 1. The minimum atomic E-state index is 0.712. The van der Waals surface area contributed by atoms with Gasteiger partial charge in [-0.25, -0.2) is 0 Å². The standard InChI is InChI=1S/C13H21N3/c1-3-14-12-5-8-16(9-6-12)13-4-7-15-11(2)10-13/h4,7,10,12,14H,3,5-6,8-9H2,1-2H3. The molecule has 1 aliphatic heterocycles. The van der Waals surface area contributed by atoms with Crippen molar-refractivity contribution in [2.24, 2.45) is 0 Å². The van der Waals surface area contributed by atoms with Gasteiger partial charge in [-0.05, 0) is 38.4 Å². The van der Waals surface area contributed by atoms with Crippen LogP contribution in [0.3, 0.4) is 0 Å². The molecule has 16 heavy (non-hydrogen) atoms. The molecule has 0 unspecified atom stereocenters. The van der Waals surface area contributed by atoms with Gasteiger partial charge in [0.05, 0.1) is 0 Å². The first kappa shape index (κ1) is 11.4. The van der Waals surface area contributed by atoms with Crippen LogP contribution in [0.4, 0.5) is 5.69 Å². The molecule has 3 heteroatoms. The number of aryl methyl sites for hydroxylation is 1. The van der Waals surface area contributed by atoms with Crippen LogP contribution >= 0.6 is 0 Å². The van der Waals surface area contributed by atoms with Gasteiger partial charge in [-0.15, -0.1) is 0 Å². The number of rotatable bonds is 3. The van der Waals surface area contributed by atoms with E-state index in [0.29, 0.717) is 6.04 Å². The van der Waals surface area contributed by atoms with E-state index in [1.165, 1.54) is 18.5 Å². The summed E-state index contributed by atoms with van der Waals surface area (Å²) >= 11 is 0. The zero-order chi connectivity index (χ0) is 11.4. The maximum atomic E-state index is 4.24. The van der Waals surface area contributed by atoms with E-state index in [1.807, 2.05) is 6.20 Å². The third-order valence-electron chi connectivity index (χ3n) is 3.23. The van der Waals surface area contributed by atoms with E-state index in [-0.39, 0.29) is 0 Å². The summed E-state index contributed by atoms with van der Waals surface area (Å²) in [4.78, 5) is 6.70. The van der Waals surface area contributed by atoms with Crippen LogP contribution < -0.4 is 10.2 Å². The van der Waals surface area contributed by atoms with Crippen LogP contribution in [0.15, 0.2) is 18.3 Å². The van der Waals surface area contributed by atoms with Gasteiger partial charge in [0, 0.05) is 36.7 Å². The summed E-state index contributed by atoms with van der Waals surface area (Å²) in [6.07, 6.45) is 4.39. The summed E-state index contributed by atoms with van der Waals surface area (Å²) in [5.74, 6) is 0. The third-order valence-corrected chi connectivity index (χ3v) is 3.23. The molecule has 1 aromatic rings. The fourth-order valence-corrected chi connectivity index (χ4v) is 2.36. The molecule has 88 valence electrons. The average Bonchev–Trinajstić information content (AvgIpc) is 2.30. The van der Waals surface area contributed by atoms with Crippen molar-refractivity contribution in [3.8, 4) is 0 Å². The normalized spacial score (nSPS) is 17.8. The Morgan fingerprint density at radius 1 is 1.44 bits per heavy atom. The molecule has 2 heterocycles. The Balaban J connectivity index is 1.94. The van der Waals surface area contributed by atoms with Crippen molar-refractivity contribution in [1.82, 2.24) is 10.3 Å². The molecule has 1 fully saturated rings. The SMILES string of the molecule is CCNC1CCN(c2ccnc(C)c2)CC1. The topological polar surface area (TPSA) is 28.2 Å². The number of anilines is 1. The van der Waals surface area contributed by atoms with Crippen LogP contribution in [-0.4, -0.2) is 30.7 Å². The number of nitrogens with one attached hydrogen (secondary N) is 1. The van der Waals surface area contributed by atoms with Crippen molar-refractivity contribution in [1.29, 1.82) is 0 Å². The van der Waals surface area contributed by atoms with Crippen molar-refractivity contribution in [3.63, 3.8) is 0 Å². The highest BCUT2D eigenvalue weighted by atomic mass is 15.1. The van der Waals surface area contributed by atoms with Gasteiger partial charge < -0.3 is 10.2 Å². The zero-order valence-electron chi connectivity index (χ0n) is 10.2. The zero-order valence-corrected chi connectivity index (χ0v) is 10.2. The van der Waals surface area contributed by atoms with Crippen molar-refractivity contribution >= 4 is 5.69 Å². The molecule has 3 nitrogen and oxygen atoms in total. The van der Waals surface area contributed by atoms with E-state index in [9.17, 15) is 0 Å². The highest BCUT2D eigenvalue weighted by Gasteiger charge is 2.18. The maximum Gasteiger partial charge on any atom is 0.0399 e. The molecule has 1 aliphatic rings. The summed E-state index contributed by atoms with van der Waals surface area (Å²) in [5, 5.41) is 3.53. The number of nitrogens with zero attached hydrogens (tertiary/aromatic N) is 2.